The molecule has 0 spiro atoms. The van der Waals surface area contributed by atoms with Crippen LogP contribution in [0, 0.1) is 0 Å². The van der Waals surface area contributed by atoms with E-state index in [1.54, 1.807) is 6.08 Å². The molecule has 0 fully saturated rings. The highest BCUT2D eigenvalue weighted by atomic mass is 16.7. The minimum absolute atomic E-state index is 0.486. The van der Waals surface area contributed by atoms with Crippen molar-refractivity contribution in [3.63, 3.8) is 0 Å². The summed E-state index contributed by atoms with van der Waals surface area (Å²) in [7, 11) is 0. The summed E-state index contributed by atoms with van der Waals surface area (Å²) in [5.41, 5.74) is 0. The lowest BCUT2D eigenvalue weighted by molar-refractivity contribution is 0.0475. The van der Waals surface area contributed by atoms with Gasteiger partial charge in [0.2, 0.25) is 0 Å². The van der Waals surface area contributed by atoms with E-state index in [0.29, 0.717) is 0 Å². The summed E-state index contributed by atoms with van der Waals surface area (Å²) in [5, 5.41) is 0. The molecule has 0 aromatic heterocycles. The van der Waals surface area contributed by atoms with Crippen LogP contribution >= 0.6 is 0 Å². The fourth-order valence-electron chi connectivity index (χ4n) is 1.39. The lowest BCUT2D eigenvalue weighted by atomic mass is 10.3. The third kappa shape index (κ3) is 3.38. The fraction of sp³-hybridized carbons (Fsp3) is 0.0667. The normalized spacial score (nSPS) is 9.94. The molecule has 0 N–H and O–H groups in total. The van der Waals surface area contributed by atoms with Gasteiger partial charge in [0.15, 0.2) is 0 Å². The minimum atomic E-state index is -0.486. The smallest absolute Gasteiger partial charge is 0.260 e. The molecular formula is C15H14O2. The van der Waals surface area contributed by atoms with E-state index in [9.17, 15) is 0 Å². The molecule has 2 nitrogen and oxygen atoms in total. The summed E-state index contributed by atoms with van der Waals surface area (Å²) in [6.07, 6.45) is 1.14. The first-order valence-electron chi connectivity index (χ1n) is 5.44. The second-order valence-electron chi connectivity index (χ2n) is 3.47. The molecule has 17 heavy (non-hydrogen) atoms. The molecule has 2 aromatic rings. The predicted molar refractivity (Wildman–Crippen MR) is 68.1 cm³/mol. The zero-order valence-electron chi connectivity index (χ0n) is 9.45. The number of hydrogen-bond acceptors (Lipinski definition) is 2. The third-order valence-electron chi connectivity index (χ3n) is 2.18. The maximum Gasteiger partial charge on any atom is 0.260 e. The first-order chi connectivity index (χ1) is 8.38. The molecule has 0 bridgehead atoms. The average molecular weight is 226 g/mol. The first-order valence-corrected chi connectivity index (χ1v) is 5.44. The van der Waals surface area contributed by atoms with Crippen molar-refractivity contribution in [1.82, 2.24) is 0 Å². The molecule has 0 radical (unpaired) electrons. The maximum absolute atomic E-state index is 5.63. The maximum atomic E-state index is 5.63. The summed E-state index contributed by atoms with van der Waals surface area (Å²) < 4.78 is 11.3. The van der Waals surface area contributed by atoms with Crippen molar-refractivity contribution in [2.45, 2.75) is 6.29 Å². The van der Waals surface area contributed by atoms with Crippen molar-refractivity contribution < 1.29 is 9.47 Å². The number of benzene rings is 2. The van der Waals surface area contributed by atoms with E-state index in [-0.39, 0.29) is 0 Å². The summed E-state index contributed by atoms with van der Waals surface area (Å²) in [6.45, 7) is 3.70. The van der Waals surface area contributed by atoms with E-state index >= 15 is 0 Å². The fourth-order valence-corrected chi connectivity index (χ4v) is 1.39. The Morgan fingerprint density at radius 2 is 1.18 bits per heavy atom. The van der Waals surface area contributed by atoms with Crippen molar-refractivity contribution in [1.29, 1.82) is 0 Å². The van der Waals surface area contributed by atoms with Crippen molar-refractivity contribution >= 4 is 0 Å². The van der Waals surface area contributed by atoms with E-state index in [2.05, 4.69) is 6.58 Å². The quantitative estimate of drug-likeness (QED) is 0.572. The average Bonchev–Trinajstić information content (AvgIpc) is 2.40. The second kappa shape index (κ2) is 5.75. The highest BCUT2D eigenvalue weighted by molar-refractivity contribution is 5.23. The topological polar surface area (TPSA) is 18.5 Å². The summed E-state index contributed by atoms with van der Waals surface area (Å²) in [4.78, 5) is 0. The standard InChI is InChI=1S/C15H14O2/c1-2-15(16-13-9-5-3-6-10-13)17-14-11-7-4-8-12-14/h2-12,15H,1H2. The molecule has 0 heterocycles. The Labute approximate surface area is 101 Å². The molecule has 0 aliphatic carbocycles. The van der Waals surface area contributed by atoms with Crippen LogP contribution < -0.4 is 9.47 Å². The van der Waals surface area contributed by atoms with Crippen LogP contribution in [-0.2, 0) is 0 Å². The molecule has 0 aliphatic heterocycles. The molecular weight excluding hydrogens is 212 g/mol. The Morgan fingerprint density at radius 1 is 0.765 bits per heavy atom. The lowest BCUT2D eigenvalue weighted by Crippen LogP contribution is -2.20. The SMILES string of the molecule is C=CC(Oc1ccccc1)Oc1ccccc1. The van der Waals surface area contributed by atoms with E-state index in [1.807, 2.05) is 60.7 Å². The van der Waals surface area contributed by atoms with Gasteiger partial charge < -0.3 is 9.47 Å². The van der Waals surface area contributed by atoms with Crippen molar-refractivity contribution in [2.75, 3.05) is 0 Å². The molecule has 2 heteroatoms. The zero-order valence-corrected chi connectivity index (χ0v) is 9.45. The zero-order chi connectivity index (χ0) is 11.9. The molecule has 0 unspecified atom stereocenters. The van der Waals surface area contributed by atoms with Gasteiger partial charge in [0.25, 0.3) is 6.29 Å². The Kier molecular flexibility index (Phi) is 3.81. The van der Waals surface area contributed by atoms with Crippen LogP contribution in [0.4, 0.5) is 0 Å². The van der Waals surface area contributed by atoms with Crippen molar-refractivity contribution in [3.8, 4) is 11.5 Å². The molecule has 0 amide bonds. The molecule has 2 aromatic carbocycles. The van der Waals surface area contributed by atoms with Gasteiger partial charge in [0.05, 0.1) is 0 Å². The molecule has 2 rings (SSSR count). The molecule has 0 aliphatic rings. The van der Waals surface area contributed by atoms with Gasteiger partial charge in [-0.05, 0) is 30.3 Å². The Balaban J connectivity index is 2.01. The lowest BCUT2D eigenvalue weighted by Gasteiger charge is -2.17. The van der Waals surface area contributed by atoms with Crippen LogP contribution in [0.1, 0.15) is 0 Å². The van der Waals surface area contributed by atoms with Gasteiger partial charge in [-0.3, -0.25) is 0 Å². The number of ether oxygens (including phenoxy) is 2. The van der Waals surface area contributed by atoms with E-state index in [0.717, 1.165) is 11.5 Å². The van der Waals surface area contributed by atoms with Gasteiger partial charge in [0.1, 0.15) is 11.5 Å². The van der Waals surface area contributed by atoms with E-state index in [1.165, 1.54) is 0 Å². The number of para-hydroxylation sites is 2. The summed E-state index contributed by atoms with van der Waals surface area (Å²) in [5.74, 6) is 1.52. The highest BCUT2D eigenvalue weighted by Crippen LogP contribution is 2.15. The highest BCUT2D eigenvalue weighted by Gasteiger charge is 2.06. The number of hydrogen-bond donors (Lipinski definition) is 0. The molecule has 0 saturated carbocycles. The Morgan fingerprint density at radius 3 is 1.53 bits per heavy atom. The summed E-state index contributed by atoms with van der Waals surface area (Å²) in [6, 6.07) is 19.1. The van der Waals surface area contributed by atoms with Gasteiger partial charge in [-0.25, -0.2) is 0 Å². The van der Waals surface area contributed by atoms with Crippen molar-refractivity contribution in [2.24, 2.45) is 0 Å². The van der Waals surface area contributed by atoms with Crippen LogP contribution in [0.5, 0.6) is 11.5 Å². The third-order valence-corrected chi connectivity index (χ3v) is 2.18. The molecule has 0 atom stereocenters. The largest absolute Gasteiger partial charge is 0.451 e. The van der Waals surface area contributed by atoms with Gasteiger partial charge >= 0.3 is 0 Å². The van der Waals surface area contributed by atoms with Gasteiger partial charge in [-0.1, -0.05) is 43.0 Å². The van der Waals surface area contributed by atoms with Crippen LogP contribution in [0.2, 0.25) is 0 Å². The molecule has 0 saturated heterocycles. The monoisotopic (exact) mass is 226 g/mol. The van der Waals surface area contributed by atoms with E-state index < -0.39 is 6.29 Å². The summed E-state index contributed by atoms with van der Waals surface area (Å²) >= 11 is 0. The van der Waals surface area contributed by atoms with Gasteiger partial charge in [0, 0.05) is 0 Å². The molecule has 86 valence electrons. The van der Waals surface area contributed by atoms with Gasteiger partial charge in [-0.15, -0.1) is 0 Å². The minimum Gasteiger partial charge on any atom is -0.451 e. The number of rotatable bonds is 5. The Hall–Kier alpha value is -2.22. The van der Waals surface area contributed by atoms with E-state index in [4.69, 9.17) is 9.47 Å². The van der Waals surface area contributed by atoms with Crippen LogP contribution in [0.25, 0.3) is 0 Å². The first kappa shape index (κ1) is 11.3. The van der Waals surface area contributed by atoms with Crippen LogP contribution in [0.15, 0.2) is 73.3 Å². The van der Waals surface area contributed by atoms with Gasteiger partial charge in [-0.2, -0.15) is 0 Å². The van der Waals surface area contributed by atoms with Crippen LogP contribution in [-0.4, -0.2) is 6.29 Å². The van der Waals surface area contributed by atoms with Crippen molar-refractivity contribution in [3.05, 3.63) is 73.3 Å². The second-order valence-corrected chi connectivity index (χ2v) is 3.47. The Bertz CT molecular complexity index is 409. The van der Waals surface area contributed by atoms with Crippen LogP contribution in [0.3, 0.4) is 0 Å². The predicted octanol–water partition coefficient (Wildman–Crippen LogP) is 3.66.